The minimum atomic E-state index is -0.864. The van der Waals surface area contributed by atoms with Gasteiger partial charge in [0.2, 0.25) is 0 Å². The van der Waals surface area contributed by atoms with E-state index in [0.717, 1.165) is 30.9 Å². The van der Waals surface area contributed by atoms with E-state index in [-0.39, 0.29) is 12.5 Å². The smallest absolute Gasteiger partial charge is 0.320 e. The molecule has 2 amide bonds. The number of hydrogen-bond donors (Lipinski definition) is 2. The molecule has 1 aromatic heterocycles. The van der Waals surface area contributed by atoms with E-state index in [2.05, 4.69) is 17.4 Å². The van der Waals surface area contributed by atoms with Gasteiger partial charge in [0.15, 0.2) is 0 Å². The summed E-state index contributed by atoms with van der Waals surface area (Å²) >= 11 is 0. The van der Waals surface area contributed by atoms with Crippen LogP contribution in [0, 0.1) is 0 Å². The van der Waals surface area contributed by atoms with Gasteiger partial charge in [-0.15, -0.1) is 0 Å². The lowest BCUT2D eigenvalue weighted by molar-refractivity contribution is -0.137. The van der Waals surface area contributed by atoms with Gasteiger partial charge in [-0.2, -0.15) is 0 Å². The molecule has 27 heavy (non-hydrogen) atoms. The number of urea groups is 1. The minimum absolute atomic E-state index is 0.00706. The molecule has 7 nitrogen and oxygen atoms in total. The molecular weight excluding hydrogens is 344 g/mol. The number of nitrogens with zero attached hydrogens (tertiary/aromatic N) is 3. The van der Waals surface area contributed by atoms with E-state index in [1.165, 1.54) is 31.2 Å². The van der Waals surface area contributed by atoms with Gasteiger partial charge >= 0.3 is 12.0 Å². The molecular formula is C20H28N4O3. The number of aromatic nitrogens is 1. The fraction of sp³-hybridized carbons (Fsp3) is 0.650. The van der Waals surface area contributed by atoms with Gasteiger partial charge in [0, 0.05) is 44.0 Å². The topological polar surface area (TPSA) is 85.8 Å². The Balaban J connectivity index is 1.29. The van der Waals surface area contributed by atoms with Crippen molar-refractivity contribution in [3.8, 4) is 0 Å². The van der Waals surface area contributed by atoms with Crippen molar-refractivity contribution in [2.75, 3.05) is 38.0 Å². The Morgan fingerprint density at radius 1 is 1.19 bits per heavy atom. The van der Waals surface area contributed by atoms with Gasteiger partial charge in [-0.1, -0.05) is 6.07 Å². The van der Waals surface area contributed by atoms with Crippen molar-refractivity contribution in [2.45, 2.75) is 50.4 Å². The molecule has 146 valence electrons. The number of rotatable bonds is 7. The van der Waals surface area contributed by atoms with Crippen LogP contribution in [-0.4, -0.2) is 64.6 Å². The number of aliphatic carboxylic acids is 1. The van der Waals surface area contributed by atoms with Crippen LogP contribution in [0.15, 0.2) is 12.1 Å². The maximum absolute atomic E-state index is 12.3. The van der Waals surface area contributed by atoms with Crippen molar-refractivity contribution in [1.29, 1.82) is 0 Å². The number of carboxylic acids is 1. The molecule has 3 aliphatic rings. The molecule has 1 saturated carbocycles. The quantitative estimate of drug-likeness (QED) is 0.768. The van der Waals surface area contributed by atoms with E-state index in [4.69, 9.17) is 10.1 Å². The molecule has 1 spiro atoms. The predicted molar refractivity (Wildman–Crippen MR) is 102 cm³/mol. The number of carbonyl (C=O) groups excluding carboxylic acids is 1. The fourth-order valence-corrected chi connectivity index (χ4v) is 4.37. The van der Waals surface area contributed by atoms with Crippen LogP contribution in [0.1, 0.15) is 49.8 Å². The molecule has 2 aliphatic heterocycles. The first-order valence-corrected chi connectivity index (χ1v) is 10.1. The second kappa shape index (κ2) is 7.37. The second-order valence-corrected chi connectivity index (χ2v) is 8.01. The first-order chi connectivity index (χ1) is 13.1. The number of carbonyl (C=O) groups is 2. The number of anilines is 1. The Labute approximate surface area is 159 Å². The summed E-state index contributed by atoms with van der Waals surface area (Å²) in [5.41, 5.74) is 2.87. The van der Waals surface area contributed by atoms with Crippen LogP contribution in [0.5, 0.6) is 0 Å². The molecule has 0 radical (unpaired) electrons. The van der Waals surface area contributed by atoms with E-state index < -0.39 is 5.97 Å². The normalized spacial score (nSPS) is 20.4. The molecule has 0 atom stereocenters. The maximum Gasteiger partial charge on any atom is 0.320 e. The number of amides is 2. The number of fused-ring (bicyclic) bond motifs is 2. The van der Waals surface area contributed by atoms with Gasteiger partial charge in [0.25, 0.3) is 0 Å². The second-order valence-electron chi connectivity index (χ2n) is 8.01. The SMILES string of the molecule is O=C(O)CCN1CCN(CCCc2ccc3c(n2)NCCCC32CC2)C1=O. The van der Waals surface area contributed by atoms with Crippen molar-refractivity contribution >= 4 is 17.8 Å². The van der Waals surface area contributed by atoms with Gasteiger partial charge < -0.3 is 20.2 Å². The third-order valence-electron chi connectivity index (χ3n) is 6.14. The molecule has 1 aliphatic carbocycles. The fourth-order valence-electron chi connectivity index (χ4n) is 4.37. The number of nitrogens with one attached hydrogen (secondary N) is 1. The number of pyridine rings is 1. The lowest BCUT2D eigenvalue weighted by atomic mass is 9.92. The first-order valence-electron chi connectivity index (χ1n) is 10.1. The van der Waals surface area contributed by atoms with E-state index in [9.17, 15) is 9.59 Å². The number of hydrogen-bond acceptors (Lipinski definition) is 4. The van der Waals surface area contributed by atoms with Crippen molar-refractivity contribution in [3.05, 3.63) is 23.4 Å². The Bertz CT molecular complexity index is 732. The van der Waals surface area contributed by atoms with Crippen molar-refractivity contribution in [1.82, 2.24) is 14.8 Å². The summed E-state index contributed by atoms with van der Waals surface area (Å²) in [5, 5.41) is 12.3. The van der Waals surface area contributed by atoms with Crippen LogP contribution in [0.4, 0.5) is 10.6 Å². The highest BCUT2D eigenvalue weighted by Crippen LogP contribution is 2.54. The van der Waals surface area contributed by atoms with Crippen LogP contribution < -0.4 is 5.32 Å². The summed E-state index contributed by atoms with van der Waals surface area (Å²) in [4.78, 5) is 31.3. The third-order valence-corrected chi connectivity index (χ3v) is 6.14. The maximum atomic E-state index is 12.3. The van der Waals surface area contributed by atoms with Crippen LogP contribution in [0.2, 0.25) is 0 Å². The summed E-state index contributed by atoms with van der Waals surface area (Å²) in [6, 6.07) is 4.37. The van der Waals surface area contributed by atoms with Gasteiger partial charge in [0.05, 0.1) is 6.42 Å². The van der Waals surface area contributed by atoms with Crippen LogP contribution >= 0.6 is 0 Å². The largest absolute Gasteiger partial charge is 0.481 e. The zero-order valence-electron chi connectivity index (χ0n) is 15.7. The van der Waals surface area contributed by atoms with Gasteiger partial charge in [-0.3, -0.25) is 4.79 Å². The average Bonchev–Trinajstić information content (AvgIpc) is 3.39. The third kappa shape index (κ3) is 3.87. The van der Waals surface area contributed by atoms with Gasteiger partial charge in [-0.05, 0) is 50.0 Å². The Kier molecular flexibility index (Phi) is 4.93. The molecule has 2 N–H and O–H groups in total. The molecule has 1 saturated heterocycles. The van der Waals surface area contributed by atoms with E-state index in [1.54, 1.807) is 4.90 Å². The van der Waals surface area contributed by atoms with E-state index in [0.29, 0.717) is 31.6 Å². The molecule has 0 aromatic carbocycles. The molecule has 7 heteroatoms. The Morgan fingerprint density at radius 3 is 2.70 bits per heavy atom. The van der Waals surface area contributed by atoms with E-state index >= 15 is 0 Å². The first kappa shape index (κ1) is 18.1. The zero-order valence-corrected chi connectivity index (χ0v) is 15.7. The lowest BCUT2D eigenvalue weighted by Gasteiger charge is -2.18. The Morgan fingerprint density at radius 2 is 1.96 bits per heavy atom. The van der Waals surface area contributed by atoms with Crippen LogP contribution in [0.25, 0.3) is 0 Å². The Hall–Kier alpha value is -2.31. The molecule has 2 fully saturated rings. The minimum Gasteiger partial charge on any atom is -0.481 e. The van der Waals surface area contributed by atoms with E-state index in [1.807, 2.05) is 4.90 Å². The zero-order chi connectivity index (χ0) is 18.9. The van der Waals surface area contributed by atoms with Crippen molar-refractivity contribution < 1.29 is 14.7 Å². The molecule has 3 heterocycles. The summed E-state index contributed by atoms with van der Waals surface area (Å²) in [7, 11) is 0. The monoisotopic (exact) mass is 372 g/mol. The lowest BCUT2D eigenvalue weighted by Crippen LogP contribution is -2.33. The molecule has 1 aromatic rings. The highest BCUT2D eigenvalue weighted by atomic mass is 16.4. The number of aryl methyl sites for hydroxylation is 1. The van der Waals surface area contributed by atoms with Crippen molar-refractivity contribution in [3.63, 3.8) is 0 Å². The molecule has 4 rings (SSSR count). The molecule has 0 bridgehead atoms. The summed E-state index contributed by atoms with van der Waals surface area (Å²) in [6.45, 7) is 3.29. The van der Waals surface area contributed by atoms with Crippen LogP contribution in [-0.2, 0) is 16.6 Å². The highest BCUT2D eigenvalue weighted by Gasteiger charge is 2.46. The number of carboxylic acid groups (broad SMARTS) is 1. The van der Waals surface area contributed by atoms with Crippen LogP contribution in [0.3, 0.4) is 0 Å². The predicted octanol–water partition coefficient (Wildman–Crippen LogP) is 2.46. The standard InChI is InChI=1S/C20H28N4O3/c25-17(26)6-12-24-14-13-23(19(24)27)11-1-3-15-4-5-16-18(22-15)21-10-2-7-20(16)8-9-20/h4-5H,1-3,6-14H2,(H,21,22)(H,25,26). The highest BCUT2D eigenvalue weighted by molar-refractivity contribution is 5.77. The summed E-state index contributed by atoms with van der Waals surface area (Å²) in [5.74, 6) is 0.205. The van der Waals surface area contributed by atoms with Gasteiger partial charge in [-0.25, -0.2) is 9.78 Å². The average molecular weight is 372 g/mol. The summed E-state index contributed by atoms with van der Waals surface area (Å²) in [6.07, 6.45) is 6.78. The summed E-state index contributed by atoms with van der Waals surface area (Å²) < 4.78 is 0. The van der Waals surface area contributed by atoms with Gasteiger partial charge in [0.1, 0.15) is 5.82 Å². The molecule has 0 unspecified atom stereocenters. The van der Waals surface area contributed by atoms with Crippen molar-refractivity contribution in [2.24, 2.45) is 0 Å².